The minimum atomic E-state index is 0.360. The molecule has 3 N–H and O–H groups in total. The van der Waals surface area contributed by atoms with E-state index < -0.39 is 0 Å². The molecule has 2 aromatic heterocycles. The standard InChI is InChI=1S/C6H7N5S/c1-11-2-8-5-3(11)4(7)9-6(12)10-5/h2H,1H3,(H3,7,9,10,12). The van der Waals surface area contributed by atoms with Gasteiger partial charge in [0.1, 0.15) is 11.3 Å². The number of aryl methyl sites for hydroxylation is 1. The number of aromatic nitrogens is 4. The van der Waals surface area contributed by atoms with Gasteiger partial charge < -0.3 is 15.3 Å². The number of imidazole rings is 1. The Bertz CT molecular complexity index is 482. The van der Waals surface area contributed by atoms with Crippen LogP contribution >= 0.6 is 12.2 Å². The molecule has 0 aliphatic carbocycles. The molecule has 0 saturated heterocycles. The number of nitrogens with one attached hydrogen (secondary N) is 1. The van der Waals surface area contributed by atoms with Crippen molar-refractivity contribution < 1.29 is 0 Å². The maximum Gasteiger partial charge on any atom is 0.200 e. The molecule has 0 amide bonds. The average molecular weight is 181 g/mol. The lowest BCUT2D eigenvalue weighted by Crippen LogP contribution is -1.97. The van der Waals surface area contributed by atoms with E-state index in [4.69, 9.17) is 18.0 Å². The highest BCUT2D eigenvalue weighted by molar-refractivity contribution is 7.71. The summed E-state index contributed by atoms with van der Waals surface area (Å²) in [6.07, 6.45) is 1.65. The molecule has 0 spiro atoms. The van der Waals surface area contributed by atoms with Crippen molar-refractivity contribution in [1.29, 1.82) is 0 Å². The monoisotopic (exact) mass is 181 g/mol. The number of nitrogens with zero attached hydrogens (tertiary/aromatic N) is 3. The van der Waals surface area contributed by atoms with Gasteiger partial charge in [-0.25, -0.2) is 4.98 Å². The van der Waals surface area contributed by atoms with E-state index >= 15 is 0 Å². The van der Waals surface area contributed by atoms with Crippen molar-refractivity contribution in [1.82, 2.24) is 19.5 Å². The summed E-state index contributed by atoms with van der Waals surface area (Å²) in [7, 11) is 1.85. The summed E-state index contributed by atoms with van der Waals surface area (Å²) in [5.41, 5.74) is 7.04. The van der Waals surface area contributed by atoms with Crippen LogP contribution in [-0.4, -0.2) is 19.5 Å². The molecular weight excluding hydrogens is 174 g/mol. The normalized spacial score (nSPS) is 10.8. The highest BCUT2D eigenvalue weighted by atomic mass is 32.1. The largest absolute Gasteiger partial charge is 0.383 e. The zero-order valence-corrected chi connectivity index (χ0v) is 7.22. The van der Waals surface area contributed by atoms with Gasteiger partial charge in [0, 0.05) is 7.05 Å². The van der Waals surface area contributed by atoms with E-state index in [0.29, 0.717) is 16.2 Å². The number of nitrogens with two attached hydrogens (primary N) is 1. The van der Waals surface area contributed by atoms with Crippen LogP contribution in [-0.2, 0) is 7.05 Å². The Balaban J connectivity index is 3.02. The molecule has 0 radical (unpaired) electrons. The summed E-state index contributed by atoms with van der Waals surface area (Å²) in [4.78, 5) is 10.8. The molecule has 12 heavy (non-hydrogen) atoms. The summed E-state index contributed by atoms with van der Waals surface area (Å²) in [6, 6.07) is 0. The number of fused-ring (bicyclic) bond motifs is 1. The van der Waals surface area contributed by atoms with Crippen LogP contribution in [0.25, 0.3) is 11.2 Å². The number of nitrogen functional groups attached to an aromatic ring is 1. The topological polar surface area (TPSA) is 72.5 Å². The molecule has 0 aromatic carbocycles. The lowest BCUT2D eigenvalue weighted by atomic mass is 10.5. The summed E-state index contributed by atoms with van der Waals surface area (Å²) < 4.78 is 2.15. The van der Waals surface area contributed by atoms with Crippen molar-refractivity contribution >= 4 is 29.2 Å². The Morgan fingerprint density at radius 3 is 3.17 bits per heavy atom. The number of rotatable bonds is 0. The van der Waals surface area contributed by atoms with Crippen LogP contribution < -0.4 is 5.73 Å². The Kier molecular flexibility index (Phi) is 1.37. The third-order valence-electron chi connectivity index (χ3n) is 1.62. The lowest BCUT2D eigenvalue weighted by Gasteiger charge is -1.97. The zero-order chi connectivity index (χ0) is 8.72. The number of hydrogen-bond acceptors (Lipinski definition) is 4. The second kappa shape index (κ2) is 2.28. The van der Waals surface area contributed by atoms with Crippen molar-refractivity contribution in [2.24, 2.45) is 7.05 Å². The Morgan fingerprint density at radius 1 is 1.67 bits per heavy atom. The molecule has 2 aromatic rings. The minimum absolute atomic E-state index is 0.360. The molecule has 0 aliphatic heterocycles. The fraction of sp³-hybridized carbons (Fsp3) is 0.167. The van der Waals surface area contributed by atoms with E-state index in [-0.39, 0.29) is 0 Å². The highest BCUT2D eigenvalue weighted by Crippen LogP contribution is 2.13. The molecule has 0 aliphatic rings. The first-order chi connectivity index (χ1) is 5.68. The van der Waals surface area contributed by atoms with Crippen molar-refractivity contribution in [2.75, 3.05) is 5.73 Å². The van der Waals surface area contributed by atoms with Gasteiger partial charge in [-0.05, 0) is 12.2 Å². The van der Waals surface area contributed by atoms with Crippen LogP contribution in [0.15, 0.2) is 6.33 Å². The number of H-pyrrole nitrogens is 1. The van der Waals surface area contributed by atoms with Crippen molar-refractivity contribution in [3.05, 3.63) is 11.1 Å². The smallest absolute Gasteiger partial charge is 0.200 e. The van der Waals surface area contributed by atoms with E-state index in [2.05, 4.69) is 15.0 Å². The van der Waals surface area contributed by atoms with Crippen LogP contribution in [0, 0.1) is 4.77 Å². The molecule has 2 heterocycles. The van der Waals surface area contributed by atoms with Crippen LogP contribution in [0.1, 0.15) is 0 Å². The molecular formula is C6H7N5S. The van der Waals surface area contributed by atoms with E-state index in [0.717, 1.165) is 5.52 Å². The Labute approximate surface area is 73.3 Å². The van der Waals surface area contributed by atoms with Gasteiger partial charge in [0.15, 0.2) is 5.65 Å². The fourth-order valence-corrected chi connectivity index (χ4v) is 1.31. The first-order valence-electron chi connectivity index (χ1n) is 3.35. The van der Waals surface area contributed by atoms with Crippen LogP contribution in [0.5, 0.6) is 0 Å². The number of anilines is 1. The molecule has 0 fully saturated rings. The molecule has 0 unspecified atom stereocenters. The van der Waals surface area contributed by atoms with E-state index in [1.807, 2.05) is 7.05 Å². The average Bonchev–Trinajstić information content (AvgIpc) is 2.31. The third-order valence-corrected chi connectivity index (χ3v) is 1.82. The summed E-state index contributed by atoms with van der Waals surface area (Å²) in [5, 5.41) is 0. The van der Waals surface area contributed by atoms with Crippen molar-refractivity contribution in [3.8, 4) is 0 Å². The molecule has 62 valence electrons. The van der Waals surface area contributed by atoms with Gasteiger partial charge in [0.05, 0.1) is 6.33 Å². The molecule has 0 atom stereocenters. The van der Waals surface area contributed by atoms with Crippen LogP contribution in [0.4, 0.5) is 5.82 Å². The molecule has 6 heteroatoms. The van der Waals surface area contributed by atoms with Crippen molar-refractivity contribution in [3.63, 3.8) is 0 Å². The van der Waals surface area contributed by atoms with Gasteiger partial charge in [-0.15, -0.1) is 0 Å². The second-order valence-electron chi connectivity index (χ2n) is 2.48. The van der Waals surface area contributed by atoms with E-state index in [9.17, 15) is 0 Å². The second-order valence-corrected chi connectivity index (χ2v) is 2.87. The van der Waals surface area contributed by atoms with Gasteiger partial charge in [-0.1, -0.05) is 0 Å². The van der Waals surface area contributed by atoms with Gasteiger partial charge in [-0.2, -0.15) is 4.98 Å². The first-order valence-corrected chi connectivity index (χ1v) is 3.76. The fourth-order valence-electron chi connectivity index (χ4n) is 1.11. The lowest BCUT2D eigenvalue weighted by molar-refractivity contribution is 0.946. The SMILES string of the molecule is Cn1cnc2nc(=S)[nH]c(N)c21. The Morgan fingerprint density at radius 2 is 2.42 bits per heavy atom. The zero-order valence-electron chi connectivity index (χ0n) is 6.40. The Hall–Kier alpha value is -1.43. The van der Waals surface area contributed by atoms with Gasteiger partial charge in [-0.3, -0.25) is 0 Å². The van der Waals surface area contributed by atoms with Gasteiger partial charge in [0.25, 0.3) is 0 Å². The van der Waals surface area contributed by atoms with E-state index in [1.165, 1.54) is 0 Å². The minimum Gasteiger partial charge on any atom is -0.383 e. The van der Waals surface area contributed by atoms with Gasteiger partial charge >= 0.3 is 0 Å². The van der Waals surface area contributed by atoms with Crippen molar-refractivity contribution in [2.45, 2.75) is 0 Å². The molecule has 5 nitrogen and oxygen atoms in total. The molecule has 2 rings (SSSR count). The summed E-state index contributed by atoms with van der Waals surface area (Å²) >= 11 is 4.84. The summed E-state index contributed by atoms with van der Waals surface area (Å²) in [6.45, 7) is 0. The van der Waals surface area contributed by atoms with Crippen LogP contribution in [0.3, 0.4) is 0 Å². The summed E-state index contributed by atoms with van der Waals surface area (Å²) in [5.74, 6) is 0.505. The van der Waals surface area contributed by atoms with E-state index in [1.54, 1.807) is 10.9 Å². The van der Waals surface area contributed by atoms with Gasteiger partial charge in [0.2, 0.25) is 4.77 Å². The molecule has 0 saturated carbocycles. The quantitative estimate of drug-likeness (QED) is 0.584. The molecule has 0 bridgehead atoms. The number of hydrogen-bond donors (Lipinski definition) is 2. The number of aromatic amines is 1. The maximum atomic E-state index is 5.68. The highest BCUT2D eigenvalue weighted by Gasteiger charge is 2.04. The first kappa shape index (κ1) is 7.23. The maximum absolute atomic E-state index is 5.68. The van der Waals surface area contributed by atoms with Crippen LogP contribution in [0.2, 0.25) is 0 Å². The predicted molar refractivity (Wildman–Crippen MR) is 48.1 cm³/mol. The predicted octanol–water partition coefficient (Wildman–Crippen LogP) is 0.608. The third kappa shape index (κ3) is 0.884.